The SMILES string of the molecule is CCCNCCSCC1(CC(=O)OC)CC1. The number of thioether (sulfide) groups is 1. The van der Waals surface area contributed by atoms with Crippen LogP contribution in [-0.2, 0) is 9.53 Å². The Balaban J connectivity index is 2.01. The molecule has 3 nitrogen and oxygen atoms in total. The van der Waals surface area contributed by atoms with Crippen LogP contribution in [0.2, 0.25) is 0 Å². The molecule has 0 atom stereocenters. The summed E-state index contributed by atoms with van der Waals surface area (Å²) in [5.41, 5.74) is 0.280. The van der Waals surface area contributed by atoms with E-state index in [1.807, 2.05) is 11.8 Å². The first-order valence-corrected chi connectivity index (χ1v) is 7.23. The molecular formula is C12H23NO2S. The molecule has 0 aliphatic heterocycles. The van der Waals surface area contributed by atoms with Gasteiger partial charge >= 0.3 is 5.97 Å². The Hall–Kier alpha value is -0.220. The van der Waals surface area contributed by atoms with Crippen molar-refractivity contribution in [1.82, 2.24) is 5.32 Å². The number of esters is 1. The Morgan fingerprint density at radius 1 is 1.44 bits per heavy atom. The van der Waals surface area contributed by atoms with Gasteiger partial charge in [-0.15, -0.1) is 0 Å². The molecule has 0 heterocycles. The Kier molecular flexibility index (Phi) is 6.21. The molecule has 0 unspecified atom stereocenters. The van der Waals surface area contributed by atoms with Crippen LogP contribution in [0.15, 0.2) is 0 Å². The predicted molar refractivity (Wildman–Crippen MR) is 68.8 cm³/mol. The van der Waals surface area contributed by atoms with E-state index in [-0.39, 0.29) is 11.4 Å². The first-order chi connectivity index (χ1) is 7.72. The molecule has 0 aromatic heterocycles. The second-order valence-corrected chi connectivity index (χ2v) is 5.66. The number of rotatable bonds is 9. The average molecular weight is 245 g/mol. The lowest BCUT2D eigenvalue weighted by Gasteiger charge is -2.12. The monoisotopic (exact) mass is 245 g/mol. The fourth-order valence-corrected chi connectivity index (χ4v) is 2.92. The van der Waals surface area contributed by atoms with E-state index in [1.54, 1.807) is 0 Å². The van der Waals surface area contributed by atoms with E-state index < -0.39 is 0 Å². The van der Waals surface area contributed by atoms with Crippen molar-refractivity contribution >= 4 is 17.7 Å². The van der Waals surface area contributed by atoms with E-state index in [2.05, 4.69) is 12.2 Å². The van der Waals surface area contributed by atoms with Crippen LogP contribution in [0.3, 0.4) is 0 Å². The summed E-state index contributed by atoms with van der Waals surface area (Å²) >= 11 is 1.96. The van der Waals surface area contributed by atoms with Gasteiger partial charge in [0.15, 0.2) is 0 Å². The minimum atomic E-state index is -0.0535. The normalized spacial score (nSPS) is 17.1. The lowest BCUT2D eigenvalue weighted by molar-refractivity contribution is -0.141. The van der Waals surface area contributed by atoms with E-state index in [4.69, 9.17) is 4.74 Å². The molecule has 0 amide bonds. The molecule has 16 heavy (non-hydrogen) atoms. The summed E-state index contributed by atoms with van der Waals surface area (Å²) in [5.74, 6) is 2.20. The molecule has 1 aliphatic rings. The second-order valence-electron chi connectivity index (χ2n) is 4.56. The Morgan fingerprint density at radius 2 is 2.19 bits per heavy atom. The quantitative estimate of drug-likeness (QED) is 0.498. The second kappa shape index (κ2) is 7.17. The van der Waals surface area contributed by atoms with Crippen LogP contribution in [-0.4, -0.2) is 37.7 Å². The number of nitrogens with one attached hydrogen (secondary N) is 1. The molecule has 0 saturated heterocycles. The summed E-state index contributed by atoms with van der Waals surface area (Å²) in [6, 6.07) is 0. The molecule has 0 radical (unpaired) electrons. The van der Waals surface area contributed by atoms with Gasteiger partial charge in [0.05, 0.1) is 13.5 Å². The van der Waals surface area contributed by atoms with Gasteiger partial charge in [0.2, 0.25) is 0 Å². The summed E-state index contributed by atoms with van der Waals surface area (Å²) in [4.78, 5) is 11.2. The average Bonchev–Trinajstić information content (AvgIpc) is 3.03. The number of hydrogen-bond acceptors (Lipinski definition) is 4. The maximum atomic E-state index is 11.2. The zero-order chi connectivity index (χ0) is 11.9. The summed E-state index contributed by atoms with van der Waals surface area (Å²) < 4.78 is 4.72. The van der Waals surface area contributed by atoms with E-state index in [0.717, 1.165) is 24.6 Å². The molecule has 1 fully saturated rings. The lowest BCUT2D eigenvalue weighted by atomic mass is 10.1. The van der Waals surface area contributed by atoms with Crippen molar-refractivity contribution < 1.29 is 9.53 Å². The highest BCUT2D eigenvalue weighted by Gasteiger charge is 2.44. The first kappa shape index (κ1) is 13.8. The molecule has 94 valence electrons. The highest BCUT2D eigenvalue weighted by Crippen LogP contribution is 2.51. The van der Waals surface area contributed by atoms with Crippen LogP contribution in [0.25, 0.3) is 0 Å². The maximum absolute atomic E-state index is 11.2. The fourth-order valence-electron chi connectivity index (χ4n) is 1.66. The zero-order valence-electron chi connectivity index (χ0n) is 10.4. The molecule has 0 aromatic carbocycles. The van der Waals surface area contributed by atoms with Crippen LogP contribution in [0.4, 0.5) is 0 Å². The molecule has 1 saturated carbocycles. The smallest absolute Gasteiger partial charge is 0.306 e. The van der Waals surface area contributed by atoms with Crippen molar-refractivity contribution in [3.8, 4) is 0 Å². The third-order valence-electron chi connectivity index (χ3n) is 2.96. The highest BCUT2D eigenvalue weighted by atomic mass is 32.2. The Bertz CT molecular complexity index is 217. The van der Waals surface area contributed by atoms with Gasteiger partial charge < -0.3 is 10.1 Å². The summed E-state index contributed by atoms with van der Waals surface area (Å²) in [5, 5.41) is 3.38. The van der Waals surface area contributed by atoms with Gasteiger partial charge in [0.1, 0.15) is 0 Å². The van der Waals surface area contributed by atoms with E-state index >= 15 is 0 Å². The van der Waals surface area contributed by atoms with Gasteiger partial charge in [-0.2, -0.15) is 11.8 Å². The lowest BCUT2D eigenvalue weighted by Crippen LogP contribution is -2.19. The highest BCUT2D eigenvalue weighted by molar-refractivity contribution is 7.99. The van der Waals surface area contributed by atoms with Gasteiger partial charge in [-0.05, 0) is 37.0 Å². The van der Waals surface area contributed by atoms with Crippen molar-refractivity contribution in [2.75, 3.05) is 31.7 Å². The van der Waals surface area contributed by atoms with Gasteiger partial charge in [0.25, 0.3) is 0 Å². The van der Waals surface area contributed by atoms with E-state index in [9.17, 15) is 4.79 Å². The topological polar surface area (TPSA) is 38.3 Å². The Morgan fingerprint density at radius 3 is 2.75 bits per heavy atom. The van der Waals surface area contributed by atoms with Crippen molar-refractivity contribution in [3.63, 3.8) is 0 Å². The largest absolute Gasteiger partial charge is 0.469 e. The van der Waals surface area contributed by atoms with Gasteiger partial charge in [-0.25, -0.2) is 0 Å². The maximum Gasteiger partial charge on any atom is 0.306 e. The molecule has 1 aliphatic carbocycles. The summed E-state index contributed by atoms with van der Waals surface area (Å²) in [7, 11) is 1.47. The number of hydrogen-bond donors (Lipinski definition) is 1. The fraction of sp³-hybridized carbons (Fsp3) is 0.917. The first-order valence-electron chi connectivity index (χ1n) is 6.08. The zero-order valence-corrected chi connectivity index (χ0v) is 11.2. The van der Waals surface area contributed by atoms with Crippen LogP contribution < -0.4 is 5.32 Å². The standard InChI is InChI=1S/C12H23NO2S/c1-3-6-13-7-8-16-10-12(4-5-12)9-11(14)15-2/h13H,3-10H2,1-2H3. The number of methoxy groups -OCH3 is 1. The molecule has 0 spiro atoms. The van der Waals surface area contributed by atoms with Crippen LogP contribution in [0, 0.1) is 5.41 Å². The molecule has 4 heteroatoms. The molecule has 0 bridgehead atoms. The van der Waals surface area contributed by atoms with Gasteiger partial charge in [-0.1, -0.05) is 6.92 Å². The summed E-state index contributed by atoms with van der Waals surface area (Å²) in [6.07, 6.45) is 4.19. The van der Waals surface area contributed by atoms with Crippen LogP contribution in [0.1, 0.15) is 32.6 Å². The number of ether oxygens (including phenoxy) is 1. The van der Waals surface area contributed by atoms with Gasteiger partial charge in [-0.3, -0.25) is 4.79 Å². The number of carbonyl (C=O) groups is 1. The van der Waals surface area contributed by atoms with Crippen molar-refractivity contribution in [1.29, 1.82) is 0 Å². The van der Waals surface area contributed by atoms with Gasteiger partial charge in [0, 0.05) is 12.3 Å². The minimum Gasteiger partial charge on any atom is -0.469 e. The van der Waals surface area contributed by atoms with Crippen LogP contribution >= 0.6 is 11.8 Å². The van der Waals surface area contributed by atoms with E-state index in [0.29, 0.717) is 6.42 Å². The molecule has 0 aromatic rings. The Labute approximate surface area is 103 Å². The predicted octanol–water partition coefficient (Wildman–Crippen LogP) is 2.06. The van der Waals surface area contributed by atoms with Crippen molar-refractivity contribution in [2.45, 2.75) is 32.6 Å². The molecule has 1 N–H and O–H groups in total. The van der Waals surface area contributed by atoms with Crippen molar-refractivity contribution in [2.24, 2.45) is 5.41 Å². The molecular weight excluding hydrogens is 222 g/mol. The van der Waals surface area contributed by atoms with Crippen LogP contribution in [0.5, 0.6) is 0 Å². The number of carbonyl (C=O) groups excluding carboxylic acids is 1. The third kappa shape index (κ3) is 5.21. The van der Waals surface area contributed by atoms with E-state index in [1.165, 1.54) is 26.4 Å². The molecule has 1 rings (SSSR count). The minimum absolute atomic E-state index is 0.0535. The summed E-state index contributed by atoms with van der Waals surface area (Å²) in [6.45, 7) is 4.36. The third-order valence-corrected chi connectivity index (χ3v) is 4.27. The van der Waals surface area contributed by atoms with Crippen molar-refractivity contribution in [3.05, 3.63) is 0 Å².